The minimum atomic E-state index is -0.191. The van der Waals surface area contributed by atoms with Gasteiger partial charge in [-0.25, -0.2) is 0 Å². The number of amides is 2. The lowest BCUT2D eigenvalue weighted by atomic mass is 10.2. The Balaban J connectivity index is 4.40. The molecule has 0 heterocycles. The molecule has 0 saturated heterocycles. The molecule has 1 unspecified atom stereocenters. The van der Waals surface area contributed by atoms with Gasteiger partial charge in [-0.05, 0) is 19.1 Å². The monoisotopic (exact) mass is 284 g/mol. The zero-order valence-corrected chi connectivity index (χ0v) is 13.0. The van der Waals surface area contributed by atoms with Crippen LogP contribution >= 0.6 is 11.8 Å². The topological polar surface area (TPSA) is 58.2 Å². The molecule has 0 radical (unpaired) electrons. The zero-order chi connectivity index (χ0) is 15.0. The van der Waals surface area contributed by atoms with E-state index in [4.69, 9.17) is 0 Å². The second-order valence-electron chi connectivity index (χ2n) is 4.82. The molecule has 4 nitrogen and oxygen atoms in total. The molecule has 0 aromatic rings. The molecule has 0 rings (SSSR count). The van der Waals surface area contributed by atoms with E-state index in [-0.39, 0.29) is 17.9 Å². The van der Waals surface area contributed by atoms with Crippen LogP contribution in [0.1, 0.15) is 27.7 Å². The zero-order valence-electron chi connectivity index (χ0n) is 12.2. The molecule has 0 spiro atoms. The van der Waals surface area contributed by atoms with Crippen molar-refractivity contribution in [3.8, 4) is 0 Å². The number of thioether (sulfide) groups is 1. The molecule has 0 aliphatic heterocycles. The van der Waals surface area contributed by atoms with Crippen LogP contribution in [0.15, 0.2) is 24.3 Å². The molecule has 2 N–H and O–H groups in total. The van der Waals surface area contributed by atoms with Crippen molar-refractivity contribution in [3.05, 3.63) is 24.3 Å². The molecular formula is C14H24N2O2S. The van der Waals surface area contributed by atoms with Crippen molar-refractivity contribution in [2.75, 3.05) is 12.3 Å². The lowest BCUT2D eigenvalue weighted by Crippen LogP contribution is -2.45. The van der Waals surface area contributed by atoms with Gasteiger partial charge in [-0.1, -0.05) is 27.0 Å². The van der Waals surface area contributed by atoms with Gasteiger partial charge in [-0.3, -0.25) is 9.59 Å². The van der Waals surface area contributed by atoms with Gasteiger partial charge >= 0.3 is 0 Å². The van der Waals surface area contributed by atoms with Gasteiger partial charge in [0.2, 0.25) is 11.8 Å². The summed E-state index contributed by atoms with van der Waals surface area (Å²) in [6.07, 6.45) is 0. The maximum absolute atomic E-state index is 11.6. The van der Waals surface area contributed by atoms with E-state index in [1.807, 2.05) is 0 Å². The average Bonchev–Trinajstić information content (AvgIpc) is 2.31. The van der Waals surface area contributed by atoms with Gasteiger partial charge < -0.3 is 10.6 Å². The molecule has 2 amide bonds. The Morgan fingerprint density at radius 2 is 1.63 bits per heavy atom. The van der Waals surface area contributed by atoms with Crippen molar-refractivity contribution < 1.29 is 9.59 Å². The molecule has 0 aliphatic carbocycles. The summed E-state index contributed by atoms with van der Waals surface area (Å²) in [4.78, 5) is 23.1. The number of nitrogens with one attached hydrogen (secondary N) is 2. The van der Waals surface area contributed by atoms with Gasteiger partial charge in [0.15, 0.2) is 0 Å². The summed E-state index contributed by atoms with van der Waals surface area (Å²) < 4.78 is 0. The SMILES string of the molecule is C=C(C)C(=O)NCC(CSC(C)C)NC(=O)C(=C)C. The predicted molar refractivity (Wildman–Crippen MR) is 82.2 cm³/mol. The Labute approximate surface area is 120 Å². The third kappa shape index (κ3) is 8.48. The normalized spacial score (nSPS) is 11.8. The number of hydrogen-bond donors (Lipinski definition) is 2. The van der Waals surface area contributed by atoms with Gasteiger partial charge in [0.1, 0.15) is 0 Å². The highest BCUT2D eigenvalue weighted by molar-refractivity contribution is 7.99. The minimum Gasteiger partial charge on any atom is -0.350 e. The van der Waals surface area contributed by atoms with E-state index in [0.717, 1.165) is 5.75 Å². The first-order valence-corrected chi connectivity index (χ1v) is 7.30. The van der Waals surface area contributed by atoms with Crippen LogP contribution in [0, 0.1) is 0 Å². The van der Waals surface area contributed by atoms with Crippen molar-refractivity contribution in [1.29, 1.82) is 0 Å². The molecule has 0 fully saturated rings. The largest absolute Gasteiger partial charge is 0.350 e. The van der Waals surface area contributed by atoms with Crippen LogP contribution in [0.25, 0.3) is 0 Å². The van der Waals surface area contributed by atoms with Crippen LogP contribution in [-0.2, 0) is 9.59 Å². The Morgan fingerprint density at radius 1 is 1.11 bits per heavy atom. The van der Waals surface area contributed by atoms with Crippen LogP contribution in [0.5, 0.6) is 0 Å². The molecule has 0 bridgehead atoms. The molecule has 19 heavy (non-hydrogen) atoms. The van der Waals surface area contributed by atoms with E-state index in [9.17, 15) is 9.59 Å². The number of hydrogen-bond acceptors (Lipinski definition) is 3. The fourth-order valence-electron chi connectivity index (χ4n) is 1.14. The van der Waals surface area contributed by atoms with E-state index in [2.05, 4.69) is 37.6 Å². The second-order valence-corrected chi connectivity index (χ2v) is 6.43. The second kappa shape index (κ2) is 8.80. The van der Waals surface area contributed by atoms with E-state index in [1.165, 1.54) is 0 Å². The number of rotatable bonds is 8. The molecule has 0 aromatic carbocycles. The summed E-state index contributed by atoms with van der Waals surface area (Å²) in [7, 11) is 0. The first-order valence-electron chi connectivity index (χ1n) is 6.25. The number of carbonyl (C=O) groups excluding carboxylic acids is 2. The van der Waals surface area contributed by atoms with Crippen LogP contribution < -0.4 is 10.6 Å². The maximum Gasteiger partial charge on any atom is 0.246 e. The Bertz CT molecular complexity index is 364. The van der Waals surface area contributed by atoms with E-state index in [1.54, 1.807) is 25.6 Å². The van der Waals surface area contributed by atoms with E-state index >= 15 is 0 Å². The summed E-state index contributed by atoms with van der Waals surface area (Å²) in [5, 5.41) is 6.09. The molecule has 108 valence electrons. The van der Waals surface area contributed by atoms with Gasteiger partial charge in [-0.2, -0.15) is 11.8 Å². The molecule has 5 heteroatoms. The van der Waals surface area contributed by atoms with Crippen LogP contribution in [0.3, 0.4) is 0 Å². The quantitative estimate of drug-likeness (QED) is 0.669. The predicted octanol–water partition coefficient (Wildman–Crippen LogP) is 1.88. The highest BCUT2D eigenvalue weighted by Gasteiger charge is 2.15. The highest BCUT2D eigenvalue weighted by atomic mass is 32.2. The number of carbonyl (C=O) groups is 2. The third-order valence-electron chi connectivity index (χ3n) is 2.25. The first-order chi connectivity index (χ1) is 8.73. The van der Waals surface area contributed by atoms with Gasteiger partial charge in [0.25, 0.3) is 0 Å². The summed E-state index contributed by atoms with van der Waals surface area (Å²) in [6, 6.07) is -0.111. The Morgan fingerprint density at radius 3 is 2.05 bits per heavy atom. The van der Waals surface area contributed by atoms with Crippen LogP contribution in [0.2, 0.25) is 0 Å². The highest BCUT2D eigenvalue weighted by Crippen LogP contribution is 2.10. The molecule has 0 aliphatic rings. The van der Waals surface area contributed by atoms with Crippen LogP contribution in [-0.4, -0.2) is 35.4 Å². The van der Waals surface area contributed by atoms with Gasteiger partial charge in [-0.15, -0.1) is 0 Å². The first kappa shape index (κ1) is 17.8. The van der Waals surface area contributed by atoms with Gasteiger partial charge in [0.05, 0.1) is 6.04 Å². The van der Waals surface area contributed by atoms with E-state index in [0.29, 0.717) is 22.9 Å². The standard InChI is InChI=1S/C14H24N2O2S/c1-9(2)13(17)15-7-12(8-19-11(5)6)16-14(18)10(3)4/h11-12H,1,3,7-8H2,2,4-6H3,(H,15,17)(H,16,18). The smallest absolute Gasteiger partial charge is 0.246 e. The summed E-state index contributed by atoms with van der Waals surface area (Å²) in [6.45, 7) is 15.1. The maximum atomic E-state index is 11.6. The molecule has 1 atom stereocenters. The van der Waals surface area contributed by atoms with Gasteiger partial charge in [0, 0.05) is 23.4 Å². The van der Waals surface area contributed by atoms with E-state index < -0.39 is 0 Å². The summed E-state index contributed by atoms with van der Waals surface area (Å²) in [5.74, 6) is 0.371. The summed E-state index contributed by atoms with van der Waals surface area (Å²) >= 11 is 1.74. The third-order valence-corrected chi connectivity index (χ3v) is 3.51. The Kier molecular flexibility index (Phi) is 8.23. The Hall–Kier alpha value is -1.23. The van der Waals surface area contributed by atoms with Crippen molar-refractivity contribution in [2.45, 2.75) is 39.0 Å². The van der Waals surface area contributed by atoms with Crippen LogP contribution in [0.4, 0.5) is 0 Å². The minimum absolute atomic E-state index is 0.111. The van der Waals surface area contributed by atoms with Crippen molar-refractivity contribution in [3.63, 3.8) is 0 Å². The summed E-state index contributed by atoms with van der Waals surface area (Å²) in [5.41, 5.74) is 0.923. The lowest BCUT2D eigenvalue weighted by molar-refractivity contribution is -0.119. The molecule has 0 saturated carbocycles. The lowest BCUT2D eigenvalue weighted by Gasteiger charge is -2.20. The molecular weight excluding hydrogens is 260 g/mol. The fraction of sp³-hybridized carbons (Fsp3) is 0.571. The van der Waals surface area contributed by atoms with Crippen molar-refractivity contribution in [2.24, 2.45) is 0 Å². The average molecular weight is 284 g/mol. The van der Waals surface area contributed by atoms with Crippen molar-refractivity contribution >= 4 is 23.6 Å². The fourth-order valence-corrected chi connectivity index (χ4v) is 1.95. The van der Waals surface area contributed by atoms with Crippen molar-refractivity contribution in [1.82, 2.24) is 10.6 Å². The molecule has 0 aromatic heterocycles.